The zero-order chi connectivity index (χ0) is 13.0. The predicted molar refractivity (Wildman–Crippen MR) is 69.3 cm³/mol. The number of anilines is 2. The molecule has 1 N–H and O–H groups in total. The van der Waals surface area contributed by atoms with Gasteiger partial charge in [0.1, 0.15) is 17.5 Å². The third-order valence-electron chi connectivity index (χ3n) is 2.58. The van der Waals surface area contributed by atoms with Crippen molar-refractivity contribution in [1.82, 2.24) is 15.3 Å². The first-order valence-electron chi connectivity index (χ1n) is 5.67. The Labute approximate surface area is 105 Å². The highest BCUT2D eigenvalue weighted by atomic mass is 19.1. The van der Waals surface area contributed by atoms with Gasteiger partial charge in [0.25, 0.3) is 0 Å². The zero-order valence-corrected chi connectivity index (χ0v) is 10.4. The molecule has 94 valence electrons. The SMILES string of the molecule is CNCc1nccc(N(C)c2ccccc2F)n1. The van der Waals surface area contributed by atoms with Gasteiger partial charge in [-0.25, -0.2) is 14.4 Å². The molecule has 0 aliphatic carbocycles. The van der Waals surface area contributed by atoms with Crippen molar-refractivity contribution < 1.29 is 4.39 Å². The minimum Gasteiger partial charge on any atom is -0.327 e. The number of hydrogen-bond donors (Lipinski definition) is 1. The molecule has 1 heterocycles. The van der Waals surface area contributed by atoms with Crippen molar-refractivity contribution in [2.75, 3.05) is 19.0 Å². The number of aromatic nitrogens is 2. The van der Waals surface area contributed by atoms with Crippen molar-refractivity contribution in [1.29, 1.82) is 0 Å². The molecule has 18 heavy (non-hydrogen) atoms. The van der Waals surface area contributed by atoms with E-state index in [-0.39, 0.29) is 5.82 Å². The standard InChI is InChI=1S/C13H15FN4/c1-15-9-12-16-8-7-13(17-12)18(2)11-6-4-3-5-10(11)14/h3-8,15H,9H2,1-2H3. The molecule has 0 saturated heterocycles. The first kappa shape index (κ1) is 12.4. The Balaban J connectivity index is 2.31. The smallest absolute Gasteiger partial charge is 0.146 e. The molecule has 0 spiro atoms. The lowest BCUT2D eigenvalue weighted by Gasteiger charge is -2.19. The van der Waals surface area contributed by atoms with Crippen LogP contribution in [0.1, 0.15) is 5.82 Å². The maximum atomic E-state index is 13.7. The quantitative estimate of drug-likeness (QED) is 0.897. The molecule has 0 radical (unpaired) electrons. The molecule has 1 aromatic heterocycles. The Hall–Kier alpha value is -2.01. The van der Waals surface area contributed by atoms with Crippen molar-refractivity contribution in [2.45, 2.75) is 6.54 Å². The summed E-state index contributed by atoms with van der Waals surface area (Å²) in [5.41, 5.74) is 0.492. The van der Waals surface area contributed by atoms with E-state index in [0.29, 0.717) is 23.9 Å². The maximum Gasteiger partial charge on any atom is 0.146 e. The average Bonchev–Trinajstić information content (AvgIpc) is 2.39. The van der Waals surface area contributed by atoms with Crippen LogP contribution in [0.5, 0.6) is 0 Å². The Bertz CT molecular complexity index is 530. The van der Waals surface area contributed by atoms with Crippen molar-refractivity contribution in [2.24, 2.45) is 0 Å². The molecular weight excluding hydrogens is 231 g/mol. The molecule has 2 aromatic rings. The molecule has 0 unspecified atom stereocenters. The number of nitrogens with zero attached hydrogens (tertiary/aromatic N) is 3. The van der Waals surface area contributed by atoms with Gasteiger partial charge in [-0.15, -0.1) is 0 Å². The van der Waals surface area contributed by atoms with Crippen molar-refractivity contribution in [3.05, 3.63) is 48.2 Å². The maximum absolute atomic E-state index is 13.7. The van der Waals surface area contributed by atoms with E-state index in [0.717, 1.165) is 0 Å². The average molecular weight is 246 g/mol. The van der Waals surface area contributed by atoms with Gasteiger partial charge in [0.15, 0.2) is 0 Å². The van der Waals surface area contributed by atoms with E-state index in [9.17, 15) is 4.39 Å². The minimum absolute atomic E-state index is 0.270. The van der Waals surface area contributed by atoms with Gasteiger partial charge >= 0.3 is 0 Å². The van der Waals surface area contributed by atoms with Gasteiger partial charge in [0.2, 0.25) is 0 Å². The summed E-state index contributed by atoms with van der Waals surface area (Å²) in [6.07, 6.45) is 1.67. The van der Waals surface area contributed by atoms with Crippen LogP contribution in [0, 0.1) is 5.82 Å². The summed E-state index contributed by atoms with van der Waals surface area (Å²) in [7, 11) is 3.61. The van der Waals surface area contributed by atoms with E-state index >= 15 is 0 Å². The van der Waals surface area contributed by atoms with Crippen LogP contribution in [-0.2, 0) is 6.54 Å². The van der Waals surface area contributed by atoms with Crippen LogP contribution in [0.15, 0.2) is 36.5 Å². The molecular formula is C13H15FN4. The highest BCUT2D eigenvalue weighted by Crippen LogP contribution is 2.23. The first-order valence-corrected chi connectivity index (χ1v) is 5.67. The summed E-state index contributed by atoms with van der Waals surface area (Å²) >= 11 is 0. The van der Waals surface area contributed by atoms with Gasteiger partial charge in [0.05, 0.1) is 12.2 Å². The largest absolute Gasteiger partial charge is 0.327 e. The van der Waals surface area contributed by atoms with Crippen LogP contribution < -0.4 is 10.2 Å². The Morgan fingerprint density at radius 2 is 2.06 bits per heavy atom. The fourth-order valence-electron chi connectivity index (χ4n) is 1.67. The molecule has 0 atom stereocenters. The molecule has 0 bridgehead atoms. The monoisotopic (exact) mass is 246 g/mol. The Morgan fingerprint density at radius 1 is 1.28 bits per heavy atom. The van der Waals surface area contributed by atoms with E-state index in [1.165, 1.54) is 6.07 Å². The third kappa shape index (κ3) is 2.62. The summed E-state index contributed by atoms with van der Waals surface area (Å²) in [5, 5.41) is 2.98. The van der Waals surface area contributed by atoms with E-state index in [1.807, 2.05) is 7.05 Å². The van der Waals surface area contributed by atoms with Crippen molar-refractivity contribution in [3.63, 3.8) is 0 Å². The minimum atomic E-state index is -0.270. The van der Waals surface area contributed by atoms with E-state index in [2.05, 4.69) is 15.3 Å². The molecule has 0 amide bonds. The molecule has 2 rings (SSSR count). The van der Waals surface area contributed by atoms with Crippen LogP contribution in [-0.4, -0.2) is 24.1 Å². The predicted octanol–water partition coefficient (Wildman–Crippen LogP) is 2.10. The number of rotatable bonds is 4. The number of halogens is 1. The van der Waals surface area contributed by atoms with Crippen LogP contribution in [0.3, 0.4) is 0 Å². The second kappa shape index (κ2) is 5.55. The second-order valence-corrected chi connectivity index (χ2v) is 3.87. The summed E-state index contributed by atoms with van der Waals surface area (Å²) < 4.78 is 13.7. The summed E-state index contributed by atoms with van der Waals surface area (Å²) in [6.45, 7) is 0.582. The van der Waals surface area contributed by atoms with E-state index in [1.54, 1.807) is 42.4 Å². The van der Waals surface area contributed by atoms with Crippen LogP contribution in [0.25, 0.3) is 0 Å². The second-order valence-electron chi connectivity index (χ2n) is 3.87. The van der Waals surface area contributed by atoms with E-state index < -0.39 is 0 Å². The van der Waals surface area contributed by atoms with Gasteiger partial charge in [-0.2, -0.15) is 0 Å². The zero-order valence-electron chi connectivity index (χ0n) is 10.4. The summed E-state index contributed by atoms with van der Waals surface area (Å²) in [4.78, 5) is 10.2. The normalized spacial score (nSPS) is 10.4. The van der Waals surface area contributed by atoms with Crippen molar-refractivity contribution in [3.8, 4) is 0 Å². The Morgan fingerprint density at radius 3 is 2.78 bits per heavy atom. The van der Waals surface area contributed by atoms with Gasteiger partial charge < -0.3 is 10.2 Å². The third-order valence-corrected chi connectivity index (χ3v) is 2.58. The number of nitrogens with one attached hydrogen (secondary N) is 1. The molecule has 5 heteroatoms. The topological polar surface area (TPSA) is 41.1 Å². The fraction of sp³-hybridized carbons (Fsp3) is 0.231. The fourth-order valence-corrected chi connectivity index (χ4v) is 1.67. The highest BCUT2D eigenvalue weighted by Gasteiger charge is 2.10. The Kier molecular flexibility index (Phi) is 3.84. The number of benzene rings is 1. The number of para-hydroxylation sites is 1. The van der Waals surface area contributed by atoms with E-state index in [4.69, 9.17) is 0 Å². The first-order chi connectivity index (χ1) is 8.72. The lowest BCUT2D eigenvalue weighted by atomic mass is 10.3. The van der Waals surface area contributed by atoms with Gasteiger partial charge in [-0.05, 0) is 25.2 Å². The van der Waals surface area contributed by atoms with Crippen LogP contribution in [0.4, 0.5) is 15.9 Å². The lowest BCUT2D eigenvalue weighted by molar-refractivity contribution is 0.627. The molecule has 0 saturated carbocycles. The molecule has 0 aliphatic rings. The molecule has 0 aliphatic heterocycles. The lowest BCUT2D eigenvalue weighted by Crippen LogP contribution is -2.15. The van der Waals surface area contributed by atoms with Gasteiger partial charge in [0, 0.05) is 13.2 Å². The molecule has 4 nitrogen and oxygen atoms in total. The molecule has 1 aromatic carbocycles. The van der Waals surface area contributed by atoms with Gasteiger partial charge in [-0.3, -0.25) is 0 Å². The number of hydrogen-bond acceptors (Lipinski definition) is 4. The van der Waals surface area contributed by atoms with Gasteiger partial charge in [-0.1, -0.05) is 12.1 Å². The molecule has 0 fully saturated rings. The van der Waals surface area contributed by atoms with Crippen LogP contribution in [0.2, 0.25) is 0 Å². The summed E-state index contributed by atoms with van der Waals surface area (Å²) in [5.74, 6) is 1.08. The highest BCUT2D eigenvalue weighted by molar-refractivity contribution is 5.59. The van der Waals surface area contributed by atoms with Crippen LogP contribution >= 0.6 is 0 Å². The summed E-state index contributed by atoms with van der Waals surface area (Å²) in [6, 6.07) is 8.37. The van der Waals surface area contributed by atoms with Crippen molar-refractivity contribution >= 4 is 11.5 Å².